The average molecular weight is 551 g/mol. The Morgan fingerprint density at radius 3 is 2.63 bits per heavy atom. The van der Waals surface area contributed by atoms with E-state index in [1.807, 2.05) is 0 Å². The number of aromatic nitrogens is 2. The standard InChI is InChI=1S/C27H29F3N4O3S/c1-19(35)9-8-18-34-17-6-2-3-10-20-11-4-5-12-21(20)26-22(27(28,29)30)15-16-23(31-26)33-38(36,37)25-14-7-13-24(34)32-25/h4-5,7,11-16H,2-3,6,8-10,17-18H2,1H3,(H,31,33)/i10D2,18D2. The second kappa shape index (κ2) is 11.5. The minimum absolute atomic E-state index is 0.00534. The van der Waals surface area contributed by atoms with Crippen LogP contribution in [0.25, 0.3) is 11.3 Å². The van der Waals surface area contributed by atoms with E-state index in [4.69, 9.17) is 5.48 Å². The molecule has 2 aromatic heterocycles. The second-order valence-corrected chi connectivity index (χ2v) is 10.4. The molecule has 0 amide bonds. The van der Waals surface area contributed by atoms with Crippen LogP contribution in [-0.4, -0.2) is 37.2 Å². The van der Waals surface area contributed by atoms with Crippen LogP contribution in [0.4, 0.5) is 24.8 Å². The molecular formula is C27H29F3N4O3S. The van der Waals surface area contributed by atoms with Crippen LogP contribution in [0.5, 0.6) is 0 Å². The van der Waals surface area contributed by atoms with Gasteiger partial charge in [-0.2, -0.15) is 21.6 Å². The first-order valence-corrected chi connectivity index (χ1v) is 13.4. The van der Waals surface area contributed by atoms with E-state index >= 15 is 0 Å². The molecule has 0 atom stereocenters. The van der Waals surface area contributed by atoms with Crippen molar-refractivity contribution in [1.29, 1.82) is 0 Å². The monoisotopic (exact) mass is 550 g/mol. The molecule has 11 heteroatoms. The molecule has 3 heterocycles. The number of ketones is 1. The summed E-state index contributed by atoms with van der Waals surface area (Å²) in [4.78, 5) is 21.0. The molecule has 4 rings (SSSR count). The van der Waals surface area contributed by atoms with E-state index < -0.39 is 51.2 Å². The molecular weight excluding hydrogens is 517 g/mol. The summed E-state index contributed by atoms with van der Waals surface area (Å²) in [5.74, 6) is -0.703. The number of nitrogens with zero attached hydrogens (tertiary/aromatic N) is 3. The number of anilines is 2. The van der Waals surface area contributed by atoms with Crippen molar-refractivity contribution in [2.45, 2.75) is 56.6 Å². The molecule has 0 fully saturated rings. The Balaban J connectivity index is 1.89. The first-order chi connectivity index (χ1) is 19.5. The number of Topliss-reactive ketones (excluding diaryl/α,β-unsaturated/α-hetero) is 1. The fraction of sp³-hybridized carbons (Fsp3) is 0.370. The van der Waals surface area contributed by atoms with Crippen LogP contribution in [0.15, 0.2) is 59.6 Å². The van der Waals surface area contributed by atoms with Gasteiger partial charge < -0.3 is 9.69 Å². The van der Waals surface area contributed by atoms with Crippen LogP contribution >= 0.6 is 0 Å². The number of carbonyl (C=O) groups excluding carboxylic acids is 1. The minimum Gasteiger partial charge on any atom is -0.357 e. The molecule has 1 aromatic carbocycles. The van der Waals surface area contributed by atoms with Gasteiger partial charge in [0.2, 0.25) is 0 Å². The lowest BCUT2D eigenvalue weighted by Crippen LogP contribution is -2.28. The third kappa shape index (κ3) is 6.69. The van der Waals surface area contributed by atoms with Crippen molar-refractivity contribution in [2.24, 2.45) is 0 Å². The molecule has 1 aliphatic heterocycles. The number of pyridine rings is 2. The van der Waals surface area contributed by atoms with Gasteiger partial charge in [0, 0.05) is 30.5 Å². The van der Waals surface area contributed by atoms with Gasteiger partial charge in [0.05, 0.1) is 11.3 Å². The number of nitrogens with one attached hydrogen (secondary N) is 1. The summed E-state index contributed by atoms with van der Waals surface area (Å²) in [5, 5.41) is -0.514. The number of hydrogen-bond donors (Lipinski definition) is 1. The minimum atomic E-state index is -4.86. The molecule has 0 spiro atoms. The molecule has 3 aromatic rings. The molecule has 38 heavy (non-hydrogen) atoms. The summed E-state index contributed by atoms with van der Waals surface area (Å²) in [6.07, 6.45) is -6.88. The quantitative estimate of drug-likeness (QED) is 0.437. The van der Waals surface area contributed by atoms with Gasteiger partial charge in [-0.25, -0.2) is 9.97 Å². The van der Waals surface area contributed by atoms with Gasteiger partial charge in [0.15, 0.2) is 5.03 Å². The Bertz CT molecular complexity index is 1590. The third-order valence-corrected chi connectivity index (χ3v) is 7.04. The number of fused-ring (bicyclic) bond motifs is 6. The van der Waals surface area contributed by atoms with Crippen molar-refractivity contribution in [3.63, 3.8) is 0 Å². The van der Waals surface area contributed by atoms with E-state index in [1.54, 1.807) is 0 Å². The molecule has 0 saturated carbocycles. The van der Waals surface area contributed by atoms with Crippen molar-refractivity contribution < 1.29 is 31.9 Å². The number of aryl methyl sites for hydroxylation is 1. The highest BCUT2D eigenvalue weighted by molar-refractivity contribution is 7.92. The Kier molecular flexibility index (Phi) is 6.82. The Hall–Kier alpha value is -3.47. The number of halogens is 3. The van der Waals surface area contributed by atoms with E-state index in [9.17, 15) is 26.4 Å². The van der Waals surface area contributed by atoms with Crippen molar-refractivity contribution in [1.82, 2.24) is 9.97 Å². The first-order valence-electron chi connectivity index (χ1n) is 14.0. The molecule has 0 radical (unpaired) electrons. The van der Waals surface area contributed by atoms with Gasteiger partial charge in [-0.05, 0) is 62.4 Å². The van der Waals surface area contributed by atoms with E-state index in [0.717, 1.165) is 12.1 Å². The van der Waals surface area contributed by atoms with Crippen LogP contribution in [0.2, 0.25) is 0 Å². The maximum Gasteiger partial charge on any atom is 0.418 e. The van der Waals surface area contributed by atoms with Crippen LogP contribution in [0, 0.1) is 0 Å². The highest BCUT2D eigenvalue weighted by Gasteiger charge is 2.35. The van der Waals surface area contributed by atoms with Crippen molar-refractivity contribution >= 4 is 27.4 Å². The van der Waals surface area contributed by atoms with Gasteiger partial charge in [-0.3, -0.25) is 4.72 Å². The first kappa shape index (κ1) is 22.5. The SMILES string of the molecule is [2H]C1([2H])CCCCN(C([2H])([2H])CCC(C)=O)c2cccc(n2)S(=O)(=O)Nc2ccc(C(F)(F)F)c(n2)-c2ccccc21. The van der Waals surface area contributed by atoms with Gasteiger partial charge >= 0.3 is 6.18 Å². The molecule has 4 bridgehead atoms. The maximum absolute atomic E-state index is 14.0. The zero-order chi connectivity index (χ0) is 30.9. The van der Waals surface area contributed by atoms with Crippen LogP contribution in [0.3, 0.4) is 0 Å². The second-order valence-electron chi connectivity index (χ2n) is 8.72. The maximum atomic E-state index is 14.0. The van der Waals surface area contributed by atoms with Crippen molar-refractivity contribution in [3.05, 3.63) is 65.7 Å². The molecule has 1 N–H and O–H groups in total. The van der Waals surface area contributed by atoms with Gasteiger partial charge in [-0.15, -0.1) is 0 Å². The Morgan fingerprint density at radius 1 is 1.08 bits per heavy atom. The number of sulfonamides is 1. The van der Waals surface area contributed by atoms with E-state index in [0.29, 0.717) is 6.07 Å². The fourth-order valence-electron chi connectivity index (χ4n) is 3.95. The molecule has 7 nitrogen and oxygen atoms in total. The normalized spacial score (nSPS) is 19.1. The third-order valence-electron chi connectivity index (χ3n) is 5.79. The topological polar surface area (TPSA) is 92.3 Å². The summed E-state index contributed by atoms with van der Waals surface area (Å²) < 4.78 is 106. The zero-order valence-corrected chi connectivity index (χ0v) is 21.4. The average Bonchev–Trinajstić information content (AvgIpc) is 2.90. The fourth-order valence-corrected chi connectivity index (χ4v) is 4.91. The Morgan fingerprint density at radius 2 is 1.87 bits per heavy atom. The molecule has 0 saturated heterocycles. The summed E-state index contributed by atoms with van der Waals surface area (Å²) in [6, 6.07) is 11.1. The van der Waals surface area contributed by atoms with E-state index in [1.165, 1.54) is 48.2 Å². The number of carbonyl (C=O) groups is 1. The predicted molar refractivity (Wildman–Crippen MR) is 139 cm³/mol. The zero-order valence-electron chi connectivity index (χ0n) is 24.5. The molecule has 0 aliphatic carbocycles. The molecule has 1 aliphatic rings. The highest BCUT2D eigenvalue weighted by Crippen LogP contribution is 2.38. The largest absolute Gasteiger partial charge is 0.418 e. The number of alkyl halides is 3. The lowest BCUT2D eigenvalue weighted by atomic mass is 9.96. The summed E-state index contributed by atoms with van der Waals surface area (Å²) in [7, 11) is -4.51. The summed E-state index contributed by atoms with van der Waals surface area (Å²) in [5.41, 5.74) is -1.96. The highest BCUT2D eigenvalue weighted by atomic mass is 32.2. The van der Waals surface area contributed by atoms with Crippen LogP contribution < -0.4 is 9.62 Å². The molecule has 0 unspecified atom stereocenters. The lowest BCUT2D eigenvalue weighted by Gasteiger charge is -2.24. The number of rotatable bonds is 4. The summed E-state index contributed by atoms with van der Waals surface area (Å²) in [6.45, 7) is -0.761. The number of hydrogen-bond acceptors (Lipinski definition) is 6. The summed E-state index contributed by atoms with van der Waals surface area (Å²) >= 11 is 0. The van der Waals surface area contributed by atoms with Crippen molar-refractivity contribution in [3.8, 4) is 11.3 Å². The predicted octanol–water partition coefficient (Wildman–Crippen LogP) is 5.87. The number of benzene rings is 1. The van der Waals surface area contributed by atoms with E-state index in [-0.39, 0.29) is 61.4 Å². The van der Waals surface area contributed by atoms with Crippen LogP contribution in [0.1, 0.15) is 55.6 Å². The van der Waals surface area contributed by atoms with Gasteiger partial charge in [0.1, 0.15) is 17.4 Å². The van der Waals surface area contributed by atoms with Gasteiger partial charge in [-0.1, -0.05) is 36.8 Å². The van der Waals surface area contributed by atoms with Gasteiger partial charge in [0.25, 0.3) is 10.0 Å². The van der Waals surface area contributed by atoms with E-state index in [2.05, 4.69) is 14.7 Å². The van der Waals surface area contributed by atoms with Crippen molar-refractivity contribution in [2.75, 3.05) is 22.7 Å². The van der Waals surface area contributed by atoms with Crippen LogP contribution in [-0.2, 0) is 27.4 Å². The Labute approximate surface area is 225 Å². The molecule has 202 valence electrons. The lowest BCUT2D eigenvalue weighted by molar-refractivity contribution is -0.137. The smallest absolute Gasteiger partial charge is 0.357 e.